The average Bonchev–Trinajstić information content (AvgIpc) is 3.26. The van der Waals surface area contributed by atoms with Crippen molar-refractivity contribution in [3.05, 3.63) is 11.9 Å². The van der Waals surface area contributed by atoms with Gasteiger partial charge in [0.2, 0.25) is 0 Å². The highest BCUT2D eigenvalue weighted by atomic mass is 16.6. The third-order valence-electron chi connectivity index (χ3n) is 5.80. The van der Waals surface area contributed by atoms with Crippen LogP contribution in [0.3, 0.4) is 0 Å². The standard InChI is InChI=1S/C22H39N3O7/c1-2-3-4-5-6-7-8-9-10-11-12-18(27)31-15-16-13-25(24-23-16)22-21(30)20(29)19(28)17(14-26)32-22/h13,17,19-22,26,28-30H,2-12,14-15H2,1H3/t17-,19-,20+,21-,22-/m1/s1. The zero-order valence-corrected chi connectivity index (χ0v) is 19.0. The van der Waals surface area contributed by atoms with Crippen molar-refractivity contribution >= 4 is 5.97 Å². The molecular formula is C22H39N3O7. The average molecular weight is 458 g/mol. The molecule has 32 heavy (non-hydrogen) atoms. The molecular weight excluding hydrogens is 418 g/mol. The van der Waals surface area contributed by atoms with Gasteiger partial charge in [-0.25, -0.2) is 4.68 Å². The van der Waals surface area contributed by atoms with Crippen molar-refractivity contribution in [3.63, 3.8) is 0 Å². The van der Waals surface area contributed by atoms with E-state index in [4.69, 9.17) is 9.47 Å². The van der Waals surface area contributed by atoms with Crippen LogP contribution in [0.4, 0.5) is 0 Å². The molecule has 1 aromatic rings. The molecule has 0 aromatic carbocycles. The van der Waals surface area contributed by atoms with E-state index in [0.29, 0.717) is 12.1 Å². The molecule has 0 bridgehead atoms. The SMILES string of the molecule is CCCCCCCCCCCCC(=O)OCc1cn([C@@H]2O[C@H](CO)[C@@H](O)[C@H](O)[C@H]2O)nn1. The van der Waals surface area contributed by atoms with E-state index in [1.54, 1.807) is 0 Å². The molecule has 5 atom stereocenters. The first-order chi connectivity index (χ1) is 15.5. The summed E-state index contributed by atoms with van der Waals surface area (Å²) in [5, 5.41) is 46.9. The number of esters is 1. The third kappa shape index (κ3) is 8.40. The molecule has 0 radical (unpaired) electrons. The van der Waals surface area contributed by atoms with E-state index in [1.165, 1.54) is 55.8 Å². The lowest BCUT2D eigenvalue weighted by Gasteiger charge is -2.39. The van der Waals surface area contributed by atoms with Gasteiger partial charge < -0.3 is 29.9 Å². The number of aliphatic hydroxyl groups excluding tert-OH is 4. The fourth-order valence-electron chi connectivity index (χ4n) is 3.79. The summed E-state index contributed by atoms with van der Waals surface area (Å²) >= 11 is 0. The van der Waals surface area contributed by atoms with Crippen LogP contribution in [0.5, 0.6) is 0 Å². The Morgan fingerprint density at radius 3 is 2.25 bits per heavy atom. The van der Waals surface area contributed by atoms with Gasteiger partial charge in [-0.2, -0.15) is 0 Å². The number of aromatic nitrogens is 3. The monoisotopic (exact) mass is 457 g/mol. The van der Waals surface area contributed by atoms with Crippen LogP contribution in [-0.2, 0) is 20.9 Å². The Morgan fingerprint density at radius 2 is 1.62 bits per heavy atom. The minimum Gasteiger partial charge on any atom is -0.459 e. The van der Waals surface area contributed by atoms with Gasteiger partial charge in [-0.15, -0.1) is 5.10 Å². The summed E-state index contributed by atoms with van der Waals surface area (Å²) in [4.78, 5) is 11.9. The molecule has 1 aliphatic heterocycles. The van der Waals surface area contributed by atoms with E-state index in [0.717, 1.165) is 19.3 Å². The van der Waals surface area contributed by atoms with Crippen molar-refractivity contribution in [3.8, 4) is 0 Å². The first-order valence-electron chi connectivity index (χ1n) is 11.8. The summed E-state index contributed by atoms with van der Waals surface area (Å²) in [6.45, 7) is 1.63. The van der Waals surface area contributed by atoms with Crippen molar-refractivity contribution in [1.82, 2.24) is 15.0 Å². The summed E-state index contributed by atoms with van der Waals surface area (Å²) in [5.74, 6) is -0.299. The molecule has 2 heterocycles. The van der Waals surface area contributed by atoms with E-state index in [-0.39, 0.29) is 12.6 Å². The first-order valence-corrected chi connectivity index (χ1v) is 11.8. The van der Waals surface area contributed by atoms with Gasteiger partial charge in [-0.05, 0) is 6.42 Å². The summed E-state index contributed by atoms with van der Waals surface area (Å²) in [5.41, 5.74) is 0.360. The van der Waals surface area contributed by atoms with Gasteiger partial charge in [0, 0.05) is 6.42 Å². The predicted molar refractivity (Wildman–Crippen MR) is 115 cm³/mol. The molecule has 0 aliphatic carbocycles. The fraction of sp³-hybridized carbons (Fsp3) is 0.864. The Balaban J connectivity index is 1.62. The third-order valence-corrected chi connectivity index (χ3v) is 5.80. The topological polar surface area (TPSA) is 147 Å². The highest BCUT2D eigenvalue weighted by Crippen LogP contribution is 2.27. The van der Waals surface area contributed by atoms with Crippen molar-refractivity contribution in [2.45, 2.75) is 115 Å². The lowest BCUT2D eigenvalue weighted by molar-refractivity contribution is -0.254. The van der Waals surface area contributed by atoms with Crippen molar-refractivity contribution in [2.75, 3.05) is 6.61 Å². The molecule has 2 rings (SSSR count). The Labute approximate surface area is 189 Å². The molecule has 0 spiro atoms. The molecule has 1 aromatic heterocycles. The molecule has 4 N–H and O–H groups in total. The van der Waals surface area contributed by atoms with E-state index < -0.39 is 37.3 Å². The Kier molecular flexibility index (Phi) is 12.1. The second-order valence-electron chi connectivity index (χ2n) is 8.50. The molecule has 0 unspecified atom stereocenters. The van der Waals surface area contributed by atoms with Gasteiger partial charge in [-0.3, -0.25) is 4.79 Å². The Bertz CT molecular complexity index is 655. The van der Waals surface area contributed by atoms with Crippen molar-refractivity contribution in [1.29, 1.82) is 0 Å². The number of rotatable bonds is 15. The van der Waals surface area contributed by atoms with Crippen LogP contribution in [0, 0.1) is 0 Å². The molecule has 1 saturated heterocycles. The summed E-state index contributed by atoms with van der Waals surface area (Å²) < 4.78 is 11.8. The molecule has 1 fully saturated rings. The van der Waals surface area contributed by atoms with Crippen LogP contribution >= 0.6 is 0 Å². The van der Waals surface area contributed by atoms with Gasteiger partial charge in [0.1, 0.15) is 36.7 Å². The van der Waals surface area contributed by atoms with Crippen molar-refractivity contribution < 1.29 is 34.7 Å². The molecule has 10 nitrogen and oxygen atoms in total. The Morgan fingerprint density at radius 1 is 1.00 bits per heavy atom. The van der Waals surface area contributed by atoms with Gasteiger partial charge in [0.05, 0.1) is 12.8 Å². The van der Waals surface area contributed by atoms with E-state index in [9.17, 15) is 25.2 Å². The molecule has 184 valence electrons. The number of unbranched alkanes of at least 4 members (excludes halogenated alkanes) is 9. The number of ether oxygens (including phenoxy) is 2. The van der Waals surface area contributed by atoms with Crippen LogP contribution in [0.1, 0.15) is 89.5 Å². The zero-order valence-electron chi connectivity index (χ0n) is 19.0. The maximum Gasteiger partial charge on any atom is 0.306 e. The number of hydrogen-bond donors (Lipinski definition) is 4. The van der Waals surface area contributed by atoms with Gasteiger partial charge in [0.15, 0.2) is 6.23 Å². The van der Waals surface area contributed by atoms with Crippen LogP contribution in [0.2, 0.25) is 0 Å². The van der Waals surface area contributed by atoms with Gasteiger partial charge >= 0.3 is 5.97 Å². The largest absolute Gasteiger partial charge is 0.459 e. The van der Waals surface area contributed by atoms with Crippen LogP contribution in [0.25, 0.3) is 0 Å². The maximum atomic E-state index is 11.9. The summed E-state index contributed by atoms with van der Waals surface area (Å²) in [6, 6.07) is 0. The highest BCUT2D eigenvalue weighted by Gasteiger charge is 2.44. The zero-order chi connectivity index (χ0) is 23.3. The summed E-state index contributed by atoms with van der Waals surface area (Å²) in [6.07, 6.45) is 7.18. The Hall–Kier alpha value is -1.59. The molecule has 0 amide bonds. The number of hydrogen-bond acceptors (Lipinski definition) is 9. The second kappa shape index (κ2) is 14.5. The van der Waals surface area contributed by atoms with E-state index >= 15 is 0 Å². The number of carbonyl (C=O) groups excluding carboxylic acids is 1. The fourth-order valence-corrected chi connectivity index (χ4v) is 3.79. The highest BCUT2D eigenvalue weighted by molar-refractivity contribution is 5.69. The van der Waals surface area contributed by atoms with Crippen LogP contribution < -0.4 is 0 Å². The lowest BCUT2D eigenvalue weighted by atomic mass is 9.98. The summed E-state index contributed by atoms with van der Waals surface area (Å²) in [7, 11) is 0. The smallest absolute Gasteiger partial charge is 0.306 e. The maximum absolute atomic E-state index is 11.9. The van der Waals surface area contributed by atoms with Crippen LogP contribution in [-0.4, -0.2) is 72.4 Å². The van der Waals surface area contributed by atoms with E-state index in [1.807, 2.05) is 0 Å². The minimum absolute atomic E-state index is 0.0615. The number of aliphatic hydroxyl groups is 4. The van der Waals surface area contributed by atoms with Crippen LogP contribution in [0.15, 0.2) is 6.20 Å². The first kappa shape index (κ1) is 26.7. The molecule has 1 aliphatic rings. The van der Waals surface area contributed by atoms with Gasteiger partial charge in [0.25, 0.3) is 0 Å². The number of nitrogens with zero attached hydrogens (tertiary/aromatic N) is 3. The molecule has 0 saturated carbocycles. The predicted octanol–water partition coefficient (Wildman–Crippen LogP) is 1.60. The van der Waals surface area contributed by atoms with Gasteiger partial charge in [-0.1, -0.05) is 69.9 Å². The van der Waals surface area contributed by atoms with E-state index in [2.05, 4.69) is 17.2 Å². The quantitative estimate of drug-likeness (QED) is 0.228. The lowest BCUT2D eigenvalue weighted by Crippen LogP contribution is -2.56. The minimum atomic E-state index is -1.50. The van der Waals surface area contributed by atoms with Crippen molar-refractivity contribution in [2.24, 2.45) is 0 Å². The number of carbonyl (C=O) groups is 1. The molecule has 10 heteroatoms. The normalized spacial score (nSPS) is 25.7. The second-order valence-corrected chi connectivity index (χ2v) is 8.50.